The van der Waals surface area contributed by atoms with Crippen molar-refractivity contribution in [3.63, 3.8) is 0 Å². The van der Waals surface area contributed by atoms with Gasteiger partial charge < -0.3 is 15.5 Å². The van der Waals surface area contributed by atoms with E-state index in [0.717, 1.165) is 18.5 Å². The van der Waals surface area contributed by atoms with E-state index < -0.39 is 6.10 Å². The van der Waals surface area contributed by atoms with Crippen LogP contribution in [0.3, 0.4) is 0 Å². The van der Waals surface area contributed by atoms with Gasteiger partial charge in [-0.25, -0.2) is 0 Å². The van der Waals surface area contributed by atoms with Gasteiger partial charge in [-0.15, -0.1) is 0 Å². The highest BCUT2D eigenvalue weighted by Gasteiger charge is 2.08. The van der Waals surface area contributed by atoms with Crippen molar-refractivity contribution in [1.29, 1.82) is 0 Å². The summed E-state index contributed by atoms with van der Waals surface area (Å²) >= 11 is 0. The van der Waals surface area contributed by atoms with Gasteiger partial charge in [0, 0.05) is 13.2 Å². The van der Waals surface area contributed by atoms with Crippen molar-refractivity contribution in [3.8, 4) is 0 Å². The summed E-state index contributed by atoms with van der Waals surface area (Å²) in [7, 11) is 0. The second-order valence-electron chi connectivity index (χ2n) is 5.61. The molecule has 0 fully saturated rings. The maximum atomic E-state index is 10.1. The van der Waals surface area contributed by atoms with E-state index in [2.05, 4.69) is 38.2 Å². The zero-order valence-corrected chi connectivity index (χ0v) is 12.3. The summed E-state index contributed by atoms with van der Waals surface area (Å²) in [5.41, 5.74) is 2.24. The molecule has 0 aliphatic rings. The predicted molar refractivity (Wildman–Crippen MR) is 79.2 cm³/mol. The van der Waals surface area contributed by atoms with E-state index in [-0.39, 0.29) is 6.61 Å². The number of hydrogen-bond donors (Lipinski definition) is 3. The Bertz CT molecular complexity index is 348. The van der Waals surface area contributed by atoms with E-state index in [4.69, 9.17) is 5.11 Å². The number of nitrogens with one attached hydrogen (secondary N) is 1. The largest absolute Gasteiger partial charge is 0.396 e. The molecule has 0 aliphatic carbocycles. The van der Waals surface area contributed by atoms with E-state index in [0.29, 0.717) is 18.4 Å². The third kappa shape index (κ3) is 5.72. The second-order valence-corrected chi connectivity index (χ2v) is 5.61. The van der Waals surface area contributed by atoms with Gasteiger partial charge in [0.25, 0.3) is 0 Å². The van der Waals surface area contributed by atoms with Crippen LogP contribution in [0, 0.1) is 5.92 Å². The van der Waals surface area contributed by atoms with Gasteiger partial charge in [-0.1, -0.05) is 45.0 Å². The topological polar surface area (TPSA) is 52.5 Å². The molecule has 0 amide bonds. The summed E-state index contributed by atoms with van der Waals surface area (Å²) in [6.45, 7) is 8.01. The number of rotatable bonds is 8. The number of aliphatic hydroxyl groups excluding tert-OH is 2. The van der Waals surface area contributed by atoms with E-state index in [9.17, 15) is 5.11 Å². The van der Waals surface area contributed by atoms with Gasteiger partial charge in [-0.05, 0) is 35.9 Å². The Kier molecular flexibility index (Phi) is 7.06. The first-order valence-electron chi connectivity index (χ1n) is 7.14. The first kappa shape index (κ1) is 16.2. The van der Waals surface area contributed by atoms with Gasteiger partial charge in [0.2, 0.25) is 0 Å². The standard InChI is InChI=1S/C16H27NO2/c1-12(2)14-4-6-15(7-5-14)16(19)11-17-10-13(3)8-9-18/h4-7,12-13,16-19H,8-11H2,1-3H3. The fourth-order valence-electron chi connectivity index (χ4n) is 2.01. The quantitative estimate of drug-likeness (QED) is 0.677. The lowest BCUT2D eigenvalue weighted by Crippen LogP contribution is -2.26. The molecule has 19 heavy (non-hydrogen) atoms. The Hall–Kier alpha value is -0.900. The van der Waals surface area contributed by atoms with Crippen molar-refractivity contribution in [1.82, 2.24) is 5.32 Å². The molecule has 3 N–H and O–H groups in total. The molecule has 0 spiro atoms. The first-order chi connectivity index (χ1) is 9.04. The molecule has 3 nitrogen and oxygen atoms in total. The number of aliphatic hydroxyl groups is 2. The van der Waals surface area contributed by atoms with Gasteiger partial charge in [-0.2, -0.15) is 0 Å². The molecular weight excluding hydrogens is 238 g/mol. The molecule has 0 heterocycles. The van der Waals surface area contributed by atoms with Crippen LogP contribution in [0.15, 0.2) is 24.3 Å². The molecule has 0 radical (unpaired) electrons. The van der Waals surface area contributed by atoms with Crippen molar-refractivity contribution < 1.29 is 10.2 Å². The zero-order valence-electron chi connectivity index (χ0n) is 12.3. The second kappa shape index (κ2) is 8.31. The lowest BCUT2D eigenvalue weighted by Gasteiger charge is -2.16. The molecule has 2 unspecified atom stereocenters. The Labute approximate surface area is 116 Å². The molecular formula is C16H27NO2. The average molecular weight is 265 g/mol. The van der Waals surface area contributed by atoms with E-state index in [1.54, 1.807) is 0 Å². The summed E-state index contributed by atoms with van der Waals surface area (Å²) in [6.07, 6.45) is 0.328. The van der Waals surface area contributed by atoms with E-state index >= 15 is 0 Å². The maximum absolute atomic E-state index is 10.1. The van der Waals surface area contributed by atoms with Crippen LogP contribution in [-0.2, 0) is 0 Å². The maximum Gasteiger partial charge on any atom is 0.0914 e. The van der Waals surface area contributed by atoms with Crippen LogP contribution in [0.5, 0.6) is 0 Å². The molecule has 3 heteroatoms. The Balaban J connectivity index is 2.38. The van der Waals surface area contributed by atoms with Gasteiger partial charge in [0.15, 0.2) is 0 Å². The summed E-state index contributed by atoms with van der Waals surface area (Å²) < 4.78 is 0. The van der Waals surface area contributed by atoms with Crippen molar-refractivity contribution in [2.75, 3.05) is 19.7 Å². The van der Waals surface area contributed by atoms with Crippen LogP contribution >= 0.6 is 0 Å². The minimum absolute atomic E-state index is 0.224. The Morgan fingerprint density at radius 3 is 2.11 bits per heavy atom. The molecule has 0 bridgehead atoms. The smallest absolute Gasteiger partial charge is 0.0914 e. The fraction of sp³-hybridized carbons (Fsp3) is 0.625. The van der Waals surface area contributed by atoms with Crippen LogP contribution in [0.4, 0.5) is 0 Å². The van der Waals surface area contributed by atoms with Crippen molar-refractivity contribution in [2.45, 2.75) is 39.2 Å². The molecule has 108 valence electrons. The van der Waals surface area contributed by atoms with Gasteiger partial charge in [0.1, 0.15) is 0 Å². The highest BCUT2D eigenvalue weighted by Crippen LogP contribution is 2.18. The number of hydrogen-bond acceptors (Lipinski definition) is 3. The molecule has 1 aromatic rings. The molecule has 1 aromatic carbocycles. The monoisotopic (exact) mass is 265 g/mol. The minimum atomic E-state index is -0.470. The number of benzene rings is 1. The third-order valence-electron chi connectivity index (χ3n) is 3.44. The van der Waals surface area contributed by atoms with Crippen LogP contribution in [0.1, 0.15) is 50.3 Å². The molecule has 0 saturated carbocycles. The SMILES string of the molecule is CC(CCO)CNCC(O)c1ccc(C(C)C)cc1. The van der Waals surface area contributed by atoms with Crippen molar-refractivity contribution >= 4 is 0 Å². The predicted octanol–water partition coefficient (Wildman–Crippen LogP) is 2.45. The van der Waals surface area contributed by atoms with Crippen LogP contribution in [0.2, 0.25) is 0 Å². The molecule has 0 aromatic heterocycles. The molecule has 1 rings (SSSR count). The summed E-state index contributed by atoms with van der Waals surface area (Å²) in [4.78, 5) is 0. The molecule has 2 atom stereocenters. The normalized spacial score (nSPS) is 14.6. The van der Waals surface area contributed by atoms with Gasteiger partial charge >= 0.3 is 0 Å². The minimum Gasteiger partial charge on any atom is -0.396 e. The van der Waals surface area contributed by atoms with Crippen LogP contribution in [0.25, 0.3) is 0 Å². The summed E-state index contributed by atoms with van der Waals surface area (Å²) in [6, 6.07) is 8.16. The summed E-state index contributed by atoms with van der Waals surface area (Å²) in [5, 5.41) is 22.1. The Morgan fingerprint density at radius 1 is 1.00 bits per heavy atom. The van der Waals surface area contributed by atoms with E-state index in [1.165, 1.54) is 5.56 Å². The van der Waals surface area contributed by atoms with Crippen molar-refractivity contribution in [2.24, 2.45) is 5.92 Å². The molecule has 0 saturated heterocycles. The van der Waals surface area contributed by atoms with Crippen LogP contribution in [-0.4, -0.2) is 29.9 Å². The first-order valence-corrected chi connectivity index (χ1v) is 7.14. The average Bonchev–Trinajstić information content (AvgIpc) is 2.39. The Morgan fingerprint density at radius 2 is 1.58 bits per heavy atom. The lowest BCUT2D eigenvalue weighted by atomic mass is 10.00. The third-order valence-corrected chi connectivity index (χ3v) is 3.44. The van der Waals surface area contributed by atoms with Gasteiger partial charge in [0.05, 0.1) is 6.10 Å². The summed E-state index contributed by atoms with van der Waals surface area (Å²) in [5.74, 6) is 0.948. The van der Waals surface area contributed by atoms with Crippen LogP contribution < -0.4 is 5.32 Å². The zero-order chi connectivity index (χ0) is 14.3. The van der Waals surface area contributed by atoms with Gasteiger partial charge in [-0.3, -0.25) is 0 Å². The highest BCUT2D eigenvalue weighted by atomic mass is 16.3. The fourth-order valence-corrected chi connectivity index (χ4v) is 2.01. The van der Waals surface area contributed by atoms with Crippen molar-refractivity contribution in [3.05, 3.63) is 35.4 Å². The lowest BCUT2D eigenvalue weighted by molar-refractivity contribution is 0.171. The molecule has 0 aliphatic heterocycles. The highest BCUT2D eigenvalue weighted by molar-refractivity contribution is 5.26. The van der Waals surface area contributed by atoms with E-state index in [1.807, 2.05) is 12.1 Å².